The Morgan fingerprint density at radius 3 is 2.81 bits per heavy atom. The summed E-state index contributed by atoms with van der Waals surface area (Å²) in [6.45, 7) is -0.131. The van der Waals surface area contributed by atoms with E-state index in [1.807, 2.05) is 0 Å². The Morgan fingerprint density at radius 2 is 2.31 bits per heavy atom. The van der Waals surface area contributed by atoms with Gasteiger partial charge in [0.1, 0.15) is 6.04 Å². The number of amides is 1. The fourth-order valence-corrected chi connectivity index (χ4v) is 1.15. The number of carboxylic acids is 1. The van der Waals surface area contributed by atoms with E-state index < -0.39 is 12.0 Å². The molecule has 6 nitrogen and oxygen atoms in total. The number of rotatable bonds is 5. The van der Waals surface area contributed by atoms with E-state index >= 15 is 0 Å². The number of nitrogens with zero attached hydrogens (tertiary/aromatic N) is 1. The summed E-state index contributed by atoms with van der Waals surface area (Å²) in [5.74, 6) is -1.52. The number of carbonyl (C=O) groups excluding carboxylic acids is 1. The Hall–Kier alpha value is -1.95. The lowest BCUT2D eigenvalue weighted by atomic mass is 10.2. The standard InChI is InChI=1S/C10H13N3O3/c11-5-8(10(15)16)13-9(14)4-7-2-1-3-12-6-7/h1-3,6,8H,4-5,11H2,(H,13,14)(H,15,16). The normalized spacial score (nSPS) is 11.8. The van der Waals surface area contributed by atoms with E-state index in [1.165, 1.54) is 0 Å². The molecule has 86 valence electrons. The third-order valence-corrected chi connectivity index (χ3v) is 1.96. The Labute approximate surface area is 92.5 Å². The fourth-order valence-electron chi connectivity index (χ4n) is 1.15. The summed E-state index contributed by atoms with van der Waals surface area (Å²) in [4.78, 5) is 25.9. The van der Waals surface area contributed by atoms with Crippen LogP contribution in [0.2, 0.25) is 0 Å². The van der Waals surface area contributed by atoms with Crippen LogP contribution in [0.3, 0.4) is 0 Å². The van der Waals surface area contributed by atoms with Crippen molar-refractivity contribution in [3.05, 3.63) is 30.1 Å². The van der Waals surface area contributed by atoms with Crippen LogP contribution in [0.5, 0.6) is 0 Å². The molecule has 0 aliphatic heterocycles. The highest BCUT2D eigenvalue weighted by Gasteiger charge is 2.17. The van der Waals surface area contributed by atoms with E-state index in [1.54, 1.807) is 24.5 Å². The number of carboxylic acid groups (broad SMARTS) is 1. The van der Waals surface area contributed by atoms with Gasteiger partial charge < -0.3 is 16.2 Å². The minimum absolute atomic E-state index is 0.0949. The van der Waals surface area contributed by atoms with E-state index in [2.05, 4.69) is 10.3 Å². The molecule has 0 saturated heterocycles. The van der Waals surface area contributed by atoms with Crippen LogP contribution in [0, 0.1) is 0 Å². The zero-order chi connectivity index (χ0) is 12.0. The molecule has 1 rings (SSSR count). The van der Waals surface area contributed by atoms with Gasteiger partial charge in [0.15, 0.2) is 0 Å². The summed E-state index contributed by atoms with van der Waals surface area (Å²) in [6.07, 6.45) is 3.25. The van der Waals surface area contributed by atoms with Crippen LogP contribution in [0.4, 0.5) is 0 Å². The summed E-state index contributed by atoms with van der Waals surface area (Å²) in [5.41, 5.74) is 5.93. The summed E-state index contributed by atoms with van der Waals surface area (Å²) in [5, 5.41) is 11.0. The highest BCUT2D eigenvalue weighted by molar-refractivity contribution is 5.84. The molecular weight excluding hydrogens is 210 g/mol. The molecule has 0 spiro atoms. The first-order valence-electron chi connectivity index (χ1n) is 4.74. The molecule has 6 heteroatoms. The van der Waals surface area contributed by atoms with Crippen molar-refractivity contribution < 1.29 is 14.7 Å². The van der Waals surface area contributed by atoms with Gasteiger partial charge in [-0.25, -0.2) is 4.79 Å². The maximum atomic E-state index is 11.4. The monoisotopic (exact) mass is 223 g/mol. The van der Waals surface area contributed by atoms with Crippen LogP contribution >= 0.6 is 0 Å². The molecule has 4 N–H and O–H groups in total. The van der Waals surface area contributed by atoms with E-state index in [0.29, 0.717) is 0 Å². The smallest absolute Gasteiger partial charge is 0.327 e. The molecule has 0 aromatic carbocycles. The van der Waals surface area contributed by atoms with E-state index in [4.69, 9.17) is 10.8 Å². The van der Waals surface area contributed by atoms with Crippen LogP contribution < -0.4 is 11.1 Å². The molecule has 0 bridgehead atoms. The van der Waals surface area contributed by atoms with Gasteiger partial charge in [-0.1, -0.05) is 6.07 Å². The Kier molecular flexibility index (Phi) is 4.41. The zero-order valence-electron chi connectivity index (χ0n) is 8.59. The van der Waals surface area contributed by atoms with Crippen molar-refractivity contribution in [1.82, 2.24) is 10.3 Å². The molecule has 1 aromatic heterocycles. The lowest BCUT2D eigenvalue weighted by molar-refractivity contribution is -0.141. The lowest BCUT2D eigenvalue weighted by Gasteiger charge is -2.11. The predicted octanol–water partition coefficient (Wildman–Crippen LogP) is -0.848. The first kappa shape index (κ1) is 12.1. The number of hydrogen-bond acceptors (Lipinski definition) is 4. The van der Waals surface area contributed by atoms with Crippen LogP contribution in [0.25, 0.3) is 0 Å². The average Bonchev–Trinajstić information content (AvgIpc) is 2.27. The molecule has 1 heterocycles. The molecule has 1 atom stereocenters. The second-order valence-electron chi connectivity index (χ2n) is 3.23. The van der Waals surface area contributed by atoms with Crippen molar-refractivity contribution in [3.63, 3.8) is 0 Å². The number of hydrogen-bond donors (Lipinski definition) is 3. The van der Waals surface area contributed by atoms with Gasteiger partial charge in [0, 0.05) is 18.9 Å². The van der Waals surface area contributed by atoms with Crippen molar-refractivity contribution in [2.24, 2.45) is 5.73 Å². The minimum Gasteiger partial charge on any atom is -0.480 e. The maximum Gasteiger partial charge on any atom is 0.327 e. The van der Waals surface area contributed by atoms with Gasteiger partial charge in [-0.05, 0) is 11.6 Å². The number of aliphatic carboxylic acids is 1. The number of nitrogens with two attached hydrogens (primary N) is 1. The van der Waals surface area contributed by atoms with Gasteiger partial charge in [0.2, 0.25) is 5.91 Å². The van der Waals surface area contributed by atoms with Crippen molar-refractivity contribution in [2.45, 2.75) is 12.5 Å². The average molecular weight is 223 g/mol. The largest absolute Gasteiger partial charge is 0.480 e. The second-order valence-corrected chi connectivity index (χ2v) is 3.23. The molecule has 1 unspecified atom stereocenters. The molecule has 0 fully saturated rings. The quantitative estimate of drug-likeness (QED) is 0.603. The Bertz CT molecular complexity index is 367. The van der Waals surface area contributed by atoms with Crippen molar-refractivity contribution in [3.8, 4) is 0 Å². The fraction of sp³-hybridized carbons (Fsp3) is 0.300. The molecule has 1 aromatic rings. The number of carbonyl (C=O) groups is 2. The van der Waals surface area contributed by atoms with Crippen molar-refractivity contribution in [2.75, 3.05) is 6.54 Å². The molecule has 0 radical (unpaired) electrons. The molecule has 0 aliphatic carbocycles. The topological polar surface area (TPSA) is 105 Å². The van der Waals surface area contributed by atoms with E-state index in [9.17, 15) is 9.59 Å². The first-order chi connectivity index (χ1) is 7.63. The molecular formula is C10H13N3O3. The maximum absolute atomic E-state index is 11.4. The number of aromatic nitrogens is 1. The highest BCUT2D eigenvalue weighted by Crippen LogP contribution is 1.97. The van der Waals surface area contributed by atoms with Crippen LogP contribution in [0.1, 0.15) is 5.56 Å². The summed E-state index contributed by atoms with van der Waals surface area (Å²) in [6, 6.07) is 2.41. The van der Waals surface area contributed by atoms with Crippen LogP contribution in [-0.2, 0) is 16.0 Å². The van der Waals surface area contributed by atoms with Gasteiger partial charge >= 0.3 is 5.97 Å². The summed E-state index contributed by atoms with van der Waals surface area (Å²) in [7, 11) is 0. The van der Waals surface area contributed by atoms with Gasteiger partial charge in [0.25, 0.3) is 0 Å². The van der Waals surface area contributed by atoms with E-state index in [-0.39, 0.29) is 18.9 Å². The molecule has 16 heavy (non-hydrogen) atoms. The first-order valence-corrected chi connectivity index (χ1v) is 4.74. The van der Waals surface area contributed by atoms with Gasteiger partial charge in [0.05, 0.1) is 6.42 Å². The third kappa shape index (κ3) is 3.66. The molecule has 0 aliphatic rings. The Balaban J connectivity index is 2.50. The number of nitrogens with one attached hydrogen (secondary N) is 1. The van der Waals surface area contributed by atoms with Crippen LogP contribution in [-0.4, -0.2) is 34.6 Å². The second kappa shape index (κ2) is 5.82. The molecule has 0 saturated carbocycles. The minimum atomic E-state index is -1.14. The van der Waals surface area contributed by atoms with E-state index in [0.717, 1.165) is 5.56 Å². The summed E-state index contributed by atoms with van der Waals surface area (Å²) >= 11 is 0. The molecule has 1 amide bonds. The Morgan fingerprint density at radius 1 is 1.56 bits per heavy atom. The van der Waals surface area contributed by atoms with Crippen LogP contribution in [0.15, 0.2) is 24.5 Å². The lowest BCUT2D eigenvalue weighted by Crippen LogP contribution is -2.46. The summed E-state index contributed by atoms with van der Waals surface area (Å²) < 4.78 is 0. The highest BCUT2D eigenvalue weighted by atomic mass is 16.4. The van der Waals surface area contributed by atoms with Gasteiger partial charge in [-0.3, -0.25) is 9.78 Å². The van der Waals surface area contributed by atoms with Gasteiger partial charge in [-0.15, -0.1) is 0 Å². The van der Waals surface area contributed by atoms with Gasteiger partial charge in [-0.2, -0.15) is 0 Å². The SMILES string of the molecule is NCC(NC(=O)Cc1cccnc1)C(=O)O. The van der Waals surface area contributed by atoms with Crippen molar-refractivity contribution in [1.29, 1.82) is 0 Å². The third-order valence-electron chi connectivity index (χ3n) is 1.96. The predicted molar refractivity (Wildman–Crippen MR) is 56.6 cm³/mol. The van der Waals surface area contributed by atoms with Crippen molar-refractivity contribution >= 4 is 11.9 Å². The number of pyridine rings is 1. The zero-order valence-corrected chi connectivity index (χ0v) is 8.59.